The summed E-state index contributed by atoms with van der Waals surface area (Å²) >= 11 is 5.95. The third kappa shape index (κ3) is 4.16. The lowest BCUT2D eigenvalue weighted by atomic mass is 9.94. The van der Waals surface area contributed by atoms with Crippen LogP contribution in [0.2, 0.25) is 5.02 Å². The van der Waals surface area contributed by atoms with Crippen molar-refractivity contribution in [2.75, 3.05) is 18.6 Å². The number of hydrogen-bond acceptors (Lipinski definition) is 5. The molecule has 156 valence electrons. The van der Waals surface area contributed by atoms with Gasteiger partial charge >= 0.3 is 18.0 Å². The number of urea groups is 1. The summed E-state index contributed by atoms with van der Waals surface area (Å²) in [4.78, 5) is 38.8. The molecule has 1 heterocycles. The van der Waals surface area contributed by atoms with Crippen molar-refractivity contribution >= 4 is 35.3 Å². The number of allylic oxidation sites excluding steroid dienone is 1. The van der Waals surface area contributed by atoms with Crippen LogP contribution < -0.4 is 10.2 Å². The predicted octanol–water partition coefficient (Wildman–Crippen LogP) is 4.23. The van der Waals surface area contributed by atoms with Crippen LogP contribution in [0.3, 0.4) is 0 Å². The molecule has 7 nitrogen and oxygen atoms in total. The third-order valence-electron chi connectivity index (χ3n) is 4.73. The predicted molar refractivity (Wildman–Crippen MR) is 112 cm³/mol. The van der Waals surface area contributed by atoms with Gasteiger partial charge in [0.2, 0.25) is 0 Å². The van der Waals surface area contributed by atoms with Crippen LogP contribution in [0.15, 0.2) is 59.8 Å². The Kier molecular flexibility index (Phi) is 6.42. The highest BCUT2D eigenvalue weighted by molar-refractivity contribution is 6.30. The van der Waals surface area contributed by atoms with Crippen molar-refractivity contribution in [2.45, 2.75) is 19.9 Å². The average molecular weight is 429 g/mol. The summed E-state index contributed by atoms with van der Waals surface area (Å²) in [5, 5.41) is 3.39. The molecular weight excluding hydrogens is 408 g/mol. The number of anilines is 1. The van der Waals surface area contributed by atoms with Gasteiger partial charge in [0.15, 0.2) is 0 Å². The molecule has 0 fully saturated rings. The van der Waals surface area contributed by atoms with Gasteiger partial charge < -0.3 is 14.8 Å². The zero-order chi connectivity index (χ0) is 21.8. The minimum atomic E-state index is -0.730. The second-order valence-corrected chi connectivity index (χ2v) is 6.96. The lowest BCUT2D eigenvalue weighted by Gasteiger charge is -2.35. The van der Waals surface area contributed by atoms with Crippen molar-refractivity contribution in [1.29, 1.82) is 0 Å². The van der Waals surface area contributed by atoms with Crippen LogP contribution in [0.5, 0.6) is 0 Å². The topological polar surface area (TPSA) is 84.9 Å². The van der Waals surface area contributed by atoms with E-state index in [1.165, 1.54) is 12.0 Å². The van der Waals surface area contributed by atoms with E-state index in [2.05, 4.69) is 5.32 Å². The van der Waals surface area contributed by atoms with Gasteiger partial charge in [-0.3, -0.25) is 4.90 Å². The van der Waals surface area contributed by atoms with Crippen molar-refractivity contribution in [2.24, 2.45) is 0 Å². The molecule has 0 unspecified atom stereocenters. The van der Waals surface area contributed by atoms with Crippen LogP contribution in [-0.4, -0.2) is 31.7 Å². The van der Waals surface area contributed by atoms with Gasteiger partial charge in [-0.05, 0) is 55.8 Å². The lowest BCUT2D eigenvalue weighted by molar-refractivity contribution is -0.139. The molecule has 1 aliphatic heterocycles. The Morgan fingerprint density at radius 1 is 1.07 bits per heavy atom. The molecule has 1 atom stereocenters. The molecule has 30 heavy (non-hydrogen) atoms. The van der Waals surface area contributed by atoms with Crippen LogP contribution in [0.1, 0.15) is 35.8 Å². The maximum Gasteiger partial charge on any atom is 0.338 e. The molecule has 0 bridgehead atoms. The summed E-state index contributed by atoms with van der Waals surface area (Å²) in [5.74, 6) is -1.00. The SMILES string of the molecule is CCOC(=O)C1=C(C)N(c2ccc(Cl)cc2)C(=O)N[C@H]1c1ccc(C(=O)OC)cc1. The van der Waals surface area contributed by atoms with E-state index in [9.17, 15) is 14.4 Å². The minimum Gasteiger partial charge on any atom is -0.465 e. The second kappa shape index (κ2) is 9.00. The van der Waals surface area contributed by atoms with E-state index >= 15 is 0 Å². The Balaban J connectivity index is 2.07. The quantitative estimate of drug-likeness (QED) is 0.720. The molecule has 0 saturated carbocycles. The van der Waals surface area contributed by atoms with Gasteiger partial charge in [0.25, 0.3) is 0 Å². The number of hydrogen-bond donors (Lipinski definition) is 1. The van der Waals surface area contributed by atoms with E-state index < -0.39 is 24.0 Å². The molecule has 3 rings (SSSR count). The van der Waals surface area contributed by atoms with Crippen molar-refractivity contribution in [1.82, 2.24) is 5.32 Å². The van der Waals surface area contributed by atoms with E-state index in [0.717, 1.165) is 0 Å². The first-order valence-corrected chi connectivity index (χ1v) is 9.67. The molecule has 2 aromatic carbocycles. The van der Waals surface area contributed by atoms with Crippen molar-refractivity contribution in [3.05, 3.63) is 76.0 Å². The fourth-order valence-corrected chi connectivity index (χ4v) is 3.42. The molecule has 0 aromatic heterocycles. The second-order valence-electron chi connectivity index (χ2n) is 6.53. The number of nitrogens with one attached hydrogen (secondary N) is 1. The molecule has 0 aliphatic carbocycles. The summed E-state index contributed by atoms with van der Waals surface area (Å²) in [7, 11) is 1.30. The van der Waals surface area contributed by atoms with Crippen molar-refractivity contribution in [3.8, 4) is 0 Å². The van der Waals surface area contributed by atoms with E-state index in [1.807, 2.05) is 0 Å². The first-order valence-electron chi connectivity index (χ1n) is 9.29. The van der Waals surface area contributed by atoms with E-state index in [0.29, 0.717) is 33.1 Å². The van der Waals surface area contributed by atoms with Gasteiger partial charge in [0.05, 0.1) is 36.6 Å². The van der Waals surface area contributed by atoms with Crippen molar-refractivity contribution < 1.29 is 23.9 Å². The normalized spacial score (nSPS) is 16.2. The Labute approximate surface area is 179 Å². The minimum absolute atomic E-state index is 0.193. The summed E-state index contributed by atoms with van der Waals surface area (Å²) in [6.07, 6.45) is 0. The van der Waals surface area contributed by atoms with E-state index in [-0.39, 0.29) is 6.61 Å². The fourth-order valence-electron chi connectivity index (χ4n) is 3.30. The Morgan fingerprint density at radius 3 is 2.27 bits per heavy atom. The number of carbonyl (C=O) groups is 3. The number of nitrogens with zero attached hydrogens (tertiary/aromatic N) is 1. The number of carbonyl (C=O) groups excluding carboxylic acids is 3. The Morgan fingerprint density at radius 2 is 1.70 bits per heavy atom. The summed E-state index contributed by atoms with van der Waals surface area (Å²) in [5.41, 5.74) is 2.31. The van der Waals surface area contributed by atoms with Crippen LogP contribution >= 0.6 is 11.6 Å². The number of rotatable bonds is 5. The summed E-state index contributed by atoms with van der Waals surface area (Å²) in [6, 6.07) is 12.1. The zero-order valence-corrected chi connectivity index (χ0v) is 17.5. The first kappa shape index (κ1) is 21.4. The maximum absolute atomic E-state index is 12.9. The molecule has 1 aliphatic rings. The van der Waals surface area contributed by atoms with Crippen LogP contribution in [-0.2, 0) is 14.3 Å². The highest BCUT2D eigenvalue weighted by atomic mass is 35.5. The number of esters is 2. The molecule has 0 spiro atoms. The zero-order valence-electron chi connectivity index (χ0n) is 16.8. The van der Waals surface area contributed by atoms with E-state index in [4.69, 9.17) is 21.1 Å². The Bertz CT molecular complexity index is 999. The van der Waals surface area contributed by atoms with Crippen LogP contribution in [0, 0.1) is 0 Å². The summed E-state index contributed by atoms with van der Waals surface area (Å²) < 4.78 is 9.96. The Hall–Kier alpha value is -3.32. The van der Waals surface area contributed by atoms with E-state index in [1.54, 1.807) is 62.4 Å². The van der Waals surface area contributed by atoms with Gasteiger partial charge in [-0.1, -0.05) is 23.7 Å². The smallest absolute Gasteiger partial charge is 0.338 e. The molecule has 2 aromatic rings. The number of methoxy groups -OCH3 is 1. The molecule has 1 N–H and O–H groups in total. The fraction of sp³-hybridized carbons (Fsp3) is 0.227. The van der Waals surface area contributed by atoms with Gasteiger partial charge in [-0.2, -0.15) is 0 Å². The highest BCUT2D eigenvalue weighted by Crippen LogP contribution is 2.34. The molecule has 2 amide bonds. The molecular formula is C22H21ClN2O5. The average Bonchev–Trinajstić information content (AvgIpc) is 2.74. The van der Waals surface area contributed by atoms with Crippen molar-refractivity contribution in [3.63, 3.8) is 0 Å². The third-order valence-corrected chi connectivity index (χ3v) is 4.98. The number of benzene rings is 2. The molecule has 0 saturated heterocycles. The van der Waals surface area contributed by atoms with Gasteiger partial charge in [0, 0.05) is 10.7 Å². The molecule has 0 radical (unpaired) electrons. The van der Waals surface area contributed by atoms with Crippen LogP contribution in [0.25, 0.3) is 0 Å². The standard InChI is InChI=1S/C22H21ClN2O5/c1-4-30-21(27)18-13(2)25(17-11-9-16(23)10-12-17)22(28)24-19(18)14-5-7-15(8-6-14)20(26)29-3/h5-12,19H,4H2,1-3H3,(H,24,28)/t19-/m0/s1. The van der Waals surface area contributed by atoms with Gasteiger partial charge in [-0.15, -0.1) is 0 Å². The molecule has 8 heteroatoms. The lowest BCUT2D eigenvalue weighted by Crippen LogP contribution is -2.48. The van der Waals surface area contributed by atoms with Gasteiger partial charge in [0.1, 0.15) is 0 Å². The number of halogens is 1. The largest absolute Gasteiger partial charge is 0.465 e. The summed E-state index contributed by atoms with van der Waals surface area (Å²) in [6.45, 7) is 3.60. The first-order chi connectivity index (χ1) is 14.4. The number of amides is 2. The van der Waals surface area contributed by atoms with Gasteiger partial charge in [-0.25, -0.2) is 14.4 Å². The van der Waals surface area contributed by atoms with Crippen LogP contribution in [0.4, 0.5) is 10.5 Å². The highest BCUT2D eigenvalue weighted by Gasteiger charge is 2.37. The monoisotopic (exact) mass is 428 g/mol. The number of ether oxygens (including phenoxy) is 2. The maximum atomic E-state index is 12.9.